The van der Waals surface area contributed by atoms with Gasteiger partial charge in [0.25, 0.3) is 0 Å². The highest BCUT2D eigenvalue weighted by molar-refractivity contribution is 5.80. The Balaban J connectivity index is 2.59. The van der Waals surface area contributed by atoms with Crippen LogP contribution in [0.1, 0.15) is 24.5 Å². The molecular formula is C16H18O3. The molecule has 2 rings (SSSR count). The van der Waals surface area contributed by atoms with Crippen LogP contribution in [0.25, 0.3) is 0 Å². The van der Waals surface area contributed by atoms with Crippen LogP contribution in [-0.2, 0) is 10.4 Å². The summed E-state index contributed by atoms with van der Waals surface area (Å²) < 4.78 is 0. The highest BCUT2D eigenvalue weighted by atomic mass is 16.4. The second-order valence-electron chi connectivity index (χ2n) is 5.16. The first-order valence-corrected chi connectivity index (χ1v) is 6.28. The maximum absolute atomic E-state index is 11.8. The zero-order valence-electron chi connectivity index (χ0n) is 11.1. The van der Waals surface area contributed by atoms with Gasteiger partial charge in [-0.1, -0.05) is 48.6 Å². The summed E-state index contributed by atoms with van der Waals surface area (Å²) >= 11 is 0. The fourth-order valence-electron chi connectivity index (χ4n) is 2.71. The van der Waals surface area contributed by atoms with Crippen molar-refractivity contribution in [3.63, 3.8) is 0 Å². The molecule has 0 aliphatic heterocycles. The van der Waals surface area contributed by atoms with Gasteiger partial charge in [-0.2, -0.15) is 0 Å². The quantitative estimate of drug-likeness (QED) is 0.876. The van der Waals surface area contributed by atoms with Gasteiger partial charge in [0.15, 0.2) is 0 Å². The minimum atomic E-state index is -1.47. The summed E-state index contributed by atoms with van der Waals surface area (Å²) in [7, 11) is 0. The first-order valence-electron chi connectivity index (χ1n) is 6.28. The second-order valence-corrected chi connectivity index (χ2v) is 5.16. The average molecular weight is 258 g/mol. The van der Waals surface area contributed by atoms with E-state index in [1.807, 2.05) is 25.1 Å². The number of aliphatic carboxylic acids is 1. The molecule has 2 atom stereocenters. The largest absolute Gasteiger partial charge is 0.480 e. The molecule has 1 aromatic carbocycles. The predicted octanol–water partition coefficient (Wildman–Crippen LogP) is 2.79. The molecular weight excluding hydrogens is 240 g/mol. The van der Waals surface area contributed by atoms with E-state index in [2.05, 4.69) is 0 Å². The van der Waals surface area contributed by atoms with Crippen LogP contribution in [0.2, 0.25) is 0 Å². The molecule has 0 unspecified atom stereocenters. The van der Waals surface area contributed by atoms with Crippen LogP contribution >= 0.6 is 0 Å². The SMILES string of the molecule is Cc1ccccc1[C@@](C)(O)[C@]1(C(=O)O)C=CC=CC1. The first-order chi connectivity index (χ1) is 8.92. The molecule has 1 aliphatic rings. The molecule has 0 spiro atoms. The van der Waals surface area contributed by atoms with E-state index in [0.717, 1.165) is 5.56 Å². The van der Waals surface area contributed by atoms with Gasteiger partial charge in [-0.05, 0) is 31.4 Å². The molecule has 0 saturated carbocycles. The van der Waals surface area contributed by atoms with Crippen LogP contribution in [0.3, 0.4) is 0 Å². The molecule has 1 aromatic rings. The molecule has 1 aliphatic carbocycles. The van der Waals surface area contributed by atoms with Crippen LogP contribution < -0.4 is 0 Å². The van der Waals surface area contributed by atoms with Crippen LogP contribution in [0, 0.1) is 12.3 Å². The highest BCUT2D eigenvalue weighted by Gasteiger charge is 2.52. The first kappa shape index (κ1) is 13.6. The van der Waals surface area contributed by atoms with E-state index >= 15 is 0 Å². The lowest BCUT2D eigenvalue weighted by atomic mass is 9.65. The molecule has 2 N–H and O–H groups in total. The van der Waals surface area contributed by atoms with Crippen LogP contribution in [0.15, 0.2) is 48.6 Å². The normalized spacial score (nSPS) is 25.0. The fraction of sp³-hybridized carbons (Fsp3) is 0.312. The molecule has 0 fully saturated rings. The lowest BCUT2D eigenvalue weighted by Gasteiger charge is -2.41. The maximum atomic E-state index is 11.8. The van der Waals surface area contributed by atoms with Gasteiger partial charge in [-0.3, -0.25) is 4.79 Å². The van der Waals surface area contributed by atoms with E-state index in [0.29, 0.717) is 5.56 Å². The summed E-state index contributed by atoms with van der Waals surface area (Å²) in [6.45, 7) is 3.45. The predicted molar refractivity (Wildman–Crippen MR) is 73.7 cm³/mol. The number of carboxylic acids is 1. The molecule has 100 valence electrons. The Morgan fingerprint density at radius 1 is 1.32 bits per heavy atom. The number of allylic oxidation sites excluding steroid dienone is 3. The van der Waals surface area contributed by atoms with Crippen molar-refractivity contribution in [1.82, 2.24) is 0 Å². The third-order valence-electron chi connectivity index (χ3n) is 3.99. The van der Waals surface area contributed by atoms with E-state index in [1.165, 1.54) is 0 Å². The minimum Gasteiger partial charge on any atom is -0.480 e. The van der Waals surface area contributed by atoms with Crippen molar-refractivity contribution in [2.24, 2.45) is 5.41 Å². The second kappa shape index (κ2) is 4.67. The van der Waals surface area contributed by atoms with Crippen molar-refractivity contribution >= 4 is 5.97 Å². The van der Waals surface area contributed by atoms with Gasteiger partial charge in [0.2, 0.25) is 0 Å². The van der Waals surface area contributed by atoms with Gasteiger partial charge in [-0.25, -0.2) is 0 Å². The fourth-order valence-corrected chi connectivity index (χ4v) is 2.71. The zero-order chi connectivity index (χ0) is 14.1. The third-order valence-corrected chi connectivity index (χ3v) is 3.99. The van der Waals surface area contributed by atoms with Gasteiger partial charge < -0.3 is 10.2 Å². The Hall–Kier alpha value is -1.87. The summed E-state index contributed by atoms with van der Waals surface area (Å²) in [5.74, 6) is -1.01. The van der Waals surface area contributed by atoms with Crippen molar-refractivity contribution in [1.29, 1.82) is 0 Å². The molecule has 19 heavy (non-hydrogen) atoms. The lowest BCUT2D eigenvalue weighted by Crippen LogP contribution is -2.48. The van der Waals surface area contributed by atoms with E-state index in [9.17, 15) is 15.0 Å². The van der Waals surface area contributed by atoms with E-state index in [4.69, 9.17) is 0 Å². The van der Waals surface area contributed by atoms with Crippen molar-refractivity contribution in [2.75, 3.05) is 0 Å². The third kappa shape index (κ3) is 2.00. The topological polar surface area (TPSA) is 57.5 Å². The van der Waals surface area contributed by atoms with Crippen LogP contribution in [-0.4, -0.2) is 16.2 Å². The monoisotopic (exact) mass is 258 g/mol. The number of aryl methyl sites for hydroxylation is 1. The molecule has 0 saturated heterocycles. The molecule has 0 heterocycles. The number of carboxylic acid groups (broad SMARTS) is 1. The van der Waals surface area contributed by atoms with Crippen LogP contribution in [0.5, 0.6) is 0 Å². The smallest absolute Gasteiger partial charge is 0.317 e. The Morgan fingerprint density at radius 2 is 2.00 bits per heavy atom. The standard InChI is InChI=1S/C16H18O3/c1-12-8-4-5-9-13(12)15(2,19)16(14(17)18)10-6-3-7-11-16/h3-10,19H,11H2,1-2H3,(H,17,18)/t15-,16-/m1/s1. The minimum absolute atomic E-state index is 0.278. The van der Waals surface area contributed by atoms with E-state index in [-0.39, 0.29) is 6.42 Å². The number of rotatable bonds is 3. The molecule has 3 nitrogen and oxygen atoms in total. The van der Waals surface area contributed by atoms with Gasteiger partial charge >= 0.3 is 5.97 Å². The van der Waals surface area contributed by atoms with Crippen molar-refractivity contribution in [3.8, 4) is 0 Å². The van der Waals surface area contributed by atoms with E-state index < -0.39 is 17.0 Å². The van der Waals surface area contributed by atoms with Gasteiger partial charge in [-0.15, -0.1) is 0 Å². The van der Waals surface area contributed by atoms with Gasteiger partial charge in [0.05, 0.1) is 0 Å². The molecule has 0 radical (unpaired) electrons. The zero-order valence-corrected chi connectivity index (χ0v) is 11.1. The van der Waals surface area contributed by atoms with Crippen LogP contribution in [0.4, 0.5) is 0 Å². The average Bonchev–Trinajstić information content (AvgIpc) is 2.39. The summed E-state index contributed by atoms with van der Waals surface area (Å²) in [5, 5.41) is 20.6. The number of hydrogen-bond acceptors (Lipinski definition) is 2. The number of carbonyl (C=O) groups is 1. The van der Waals surface area contributed by atoms with Crippen molar-refractivity contribution < 1.29 is 15.0 Å². The molecule has 0 bridgehead atoms. The number of aliphatic hydroxyl groups is 1. The molecule has 3 heteroatoms. The Bertz CT molecular complexity index is 555. The lowest BCUT2D eigenvalue weighted by molar-refractivity contribution is -0.161. The van der Waals surface area contributed by atoms with Crippen molar-refractivity contribution in [2.45, 2.75) is 25.9 Å². The Kier molecular flexibility index (Phi) is 3.33. The molecule has 0 aromatic heterocycles. The number of benzene rings is 1. The Morgan fingerprint density at radius 3 is 2.53 bits per heavy atom. The Labute approximate surface area is 112 Å². The number of hydrogen-bond donors (Lipinski definition) is 2. The summed E-state index contributed by atoms with van der Waals surface area (Å²) in [6.07, 6.45) is 7.13. The summed E-state index contributed by atoms with van der Waals surface area (Å²) in [4.78, 5) is 11.8. The van der Waals surface area contributed by atoms with Crippen molar-refractivity contribution in [3.05, 3.63) is 59.7 Å². The van der Waals surface area contributed by atoms with Gasteiger partial charge in [0.1, 0.15) is 11.0 Å². The van der Waals surface area contributed by atoms with E-state index in [1.54, 1.807) is 37.3 Å². The summed E-state index contributed by atoms with van der Waals surface area (Å²) in [6, 6.07) is 7.35. The summed E-state index contributed by atoms with van der Waals surface area (Å²) in [5.41, 5.74) is -1.26. The highest BCUT2D eigenvalue weighted by Crippen LogP contribution is 2.46. The molecule has 0 amide bonds. The maximum Gasteiger partial charge on any atom is 0.317 e. The van der Waals surface area contributed by atoms with Gasteiger partial charge in [0, 0.05) is 0 Å².